The van der Waals surface area contributed by atoms with Gasteiger partial charge < -0.3 is 5.32 Å². The Morgan fingerprint density at radius 2 is 1.65 bits per heavy atom. The van der Waals surface area contributed by atoms with Crippen molar-refractivity contribution in [1.29, 1.82) is 0 Å². The highest BCUT2D eigenvalue weighted by atomic mass is 19.2. The number of nitrogens with one attached hydrogen (secondary N) is 1. The van der Waals surface area contributed by atoms with Crippen LogP contribution in [0.5, 0.6) is 0 Å². The van der Waals surface area contributed by atoms with E-state index in [-0.39, 0.29) is 54.1 Å². The van der Waals surface area contributed by atoms with Crippen molar-refractivity contribution in [2.24, 2.45) is 23.7 Å². The van der Waals surface area contributed by atoms with Crippen molar-refractivity contribution in [3.05, 3.63) is 42.0 Å². The second-order valence-electron chi connectivity index (χ2n) is 7.10. The number of likely N-dealkylation sites (tertiary alicyclic amines) is 1. The molecule has 1 N–H and O–H groups in total. The first-order chi connectivity index (χ1) is 12.5. The second-order valence-corrected chi connectivity index (χ2v) is 7.10. The first kappa shape index (κ1) is 16.9. The summed E-state index contributed by atoms with van der Waals surface area (Å²) < 4.78 is 26.1. The number of rotatable bonds is 4. The summed E-state index contributed by atoms with van der Waals surface area (Å²) >= 11 is 0. The Kier molecular flexibility index (Phi) is 4.09. The number of carbonyl (C=O) groups excluding carboxylic acids is 3. The average Bonchev–Trinajstić information content (AvgIpc) is 2.90. The molecule has 1 saturated heterocycles. The summed E-state index contributed by atoms with van der Waals surface area (Å²) in [6.45, 7) is -0.000380. The number of nitrogens with zero attached hydrogens (tertiary/aromatic N) is 1. The minimum Gasteiger partial charge on any atom is -0.326 e. The Hall–Kier alpha value is -2.57. The number of amides is 3. The Morgan fingerprint density at radius 3 is 2.19 bits per heavy atom. The molecule has 3 aliphatic carbocycles. The van der Waals surface area contributed by atoms with Gasteiger partial charge in [-0.05, 0) is 36.8 Å². The Bertz CT molecular complexity index is 791. The Labute approximate surface area is 149 Å². The molecular weight excluding hydrogens is 342 g/mol. The Morgan fingerprint density at radius 1 is 1.04 bits per heavy atom. The molecule has 26 heavy (non-hydrogen) atoms. The highest BCUT2D eigenvalue weighted by Gasteiger charge is 2.56. The molecule has 3 amide bonds. The van der Waals surface area contributed by atoms with Crippen LogP contribution >= 0.6 is 0 Å². The molecule has 5 nitrogen and oxygen atoms in total. The third kappa shape index (κ3) is 2.71. The summed E-state index contributed by atoms with van der Waals surface area (Å²) in [5.41, 5.74) is 0.129. The van der Waals surface area contributed by atoms with Gasteiger partial charge >= 0.3 is 0 Å². The van der Waals surface area contributed by atoms with E-state index in [1.54, 1.807) is 0 Å². The van der Waals surface area contributed by atoms with Crippen LogP contribution in [0.15, 0.2) is 30.4 Å². The maximum Gasteiger partial charge on any atom is 0.233 e. The predicted molar refractivity (Wildman–Crippen MR) is 88.7 cm³/mol. The van der Waals surface area contributed by atoms with E-state index in [0.717, 1.165) is 25.0 Å². The zero-order valence-corrected chi connectivity index (χ0v) is 14.0. The number of imide groups is 1. The van der Waals surface area contributed by atoms with Gasteiger partial charge in [0.15, 0.2) is 11.6 Å². The number of anilines is 1. The van der Waals surface area contributed by atoms with E-state index in [1.807, 2.05) is 12.2 Å². The molecule has 1 aliphatic heterocycles. The normalized spacial score (nSPS) is 29.2. The van der Waals surface area contributed by atoms with E-state index in [0.29, 0.717) is 0 Å². The summed E-state index contributed by atoms with van der Waals surface area (Å²) in [5.74, 6) is -3.26. The fraction of sp³-hybridized carbons (Fsp3) is 0.421. The van der Waals surface area contributed by atoms with Crippen molar-refractivity contribution in [3.8, 4) is 0 Å². The van der Waals surface area contributed by atoms with Gasteiger partial charge in [-0.1, -0.05) is 12.2 Å². The summed E-state index contributed by atoms with van der Waals surface area (Å²) in [5, 5.41) is 2.45. The predicted octanol–water partition coefficient (Wildman–Crippen LogP) is 2.49. The molecule has 0 unspecified atom stereocenters. The summed E-state index contributed by atoms with van der Waals surface area (Å²) in [7, 11) is 0. The van der Waals surface area contributed by atoms with Crippen molar-refractivity contribution in [2.45, 2.75) is 19.3 Å². The molecule has 4 atom stereocenters. The zero-order valence-electron chi connectivity index (χ0n) is 14.0. The van der Waals surface area contributed by atoms with Crippen molar-refractivity contribution >= 4 is 23.4 Å². The van der Waals surface area contributed by atoms with Gasteiger partial charge in [0.25, 0.3) is 0 Å². The zero-order chi connectivity index (χ0) is 18.4. The summed E-state index contributed by atoms with van der Waals surface area (Å²) in [6, 6.07) is 3.06. The topological polar surface area (TPSA) is 66.5 Å². The first-order valence-electron chi connectivity index (χ1n) is 8.74. The highest BCUT2D eigenvalue weighted by molar-refractivity contribution is 6.06. The van der Waals surface area contributed by atoms with Gasteiger partial charge in [0.1, 0.15) is 0 Å². The van der Waals surface area contributed by atoms with Crippen molar-refractivity contribution in [2.75, 3.05) is 11.9 Å². The van der Waals surface area contributed by atoms with Crippen molar-refractivity contribution < 1.29 is 23.2 Å². The van der Waals surface area contributed by atoms with E-state index in [1.165, 1.54) is 11.0 Å². The van der Waals surface area contributed by atoms with Gasteiger partial charge in [-0.25, -0.2) is 8.78 Å². The van der Waals surface area contributed by atoms with Gasteiger partial charge in [-0.15, -0.1) is 0 Å². The summed E-state index contributed by atoms with van der Waals surface area (Å²) in [4.78, 5) is 38.5. The van der Waals surface area contributed by atoms with Crippen LogP contribution in [0.3, 0.4) is 0 Å². The minimum absolute atomic E-state index is 0.000380. The lowest BCUT2D eigenvalue weighted by Gasteiger charge is -2.38. The van der Waals surface area contributed by atoms with Crippen molar-refractivity contribution in [3.63, 3.8) is 0 Å². The van der Waals surface area contributed by atoms with E-state index in [4.69, 9.17) is 0 Å². The average molecular weight is 360 g/mol. The van der Waals surface area contributed by atoms with E-state index in [2.05, 4.69) is 5.32 Å². The lowest BCUT2D eigenvalue weighted by molar-refractivity contribution is -0.140. The number of hydrogen-bond donors (Lipinski definition) is 1. The molecule has 1 saturated carbocycles. The molecule has 1 aromatic rings. The molecule has 1 heterocycles. The number of allylic oxidation sites excluding steroid dienone is 2. The van der Waals surface area contributed by atoms with Crippen LogP contribution in [0.4, 0.5) is 14.5 Å². The highest BCUT2D eigenvalue weighted by Crippen LogP contribution is 2.49. The minimum atomic E-state index is -1.06. The van der Waals surface area contributed by atoms with Gasteiger partial charge in [-0.3, -0.25) is 19.3 Å². The molecular formula is C19H18F2N2O3. The molecule has 4 aliphatic rings. The van der Waals surface area contributed by atoms with E-state index >= 15 is 0 Å². The molecule has 5 rings (SSSR count). The van der Waals surface area contributed by atoms with Gasteiger partial charge in [0, 0.05) is 24.7 Å². The van der Waals surface area contributed by atoms with Gasteiger partial charge in [0.2, 0.25) is 17.7 Å². The lowest BCUT2D eigenvalue weighted by Crippen LogP contribution is -2.38. The number of carbonyl (C=O) groups is 3. The fourth-order valence-corrected chi connectivity index (χ4v) is 4.37. The SMILES string of the molecule is O=C(CCN1C(=O)[C@H]2[C@H](C1=O)[C@H]1C=C[C@H]2CC1)Nc1ccc(F)c(F)c1. The first-order valence-corrected chi connectivity index (χ1v) is 8.74. The van der Waals surface area contributed by atoms with Gasteiger partial charge in [0.05, 0.1) is 11.8 Å². The number of halogens is 2. The maximum atomic E-state index is 13.2. The molecule has 7 heteroatoms. The Balaban J connectivity index is 1.39. The molecule has 2 bridgehead atoms. The number of benzene rings is 1. The molecule has 1 aromatic carbocycles. The molecule has 136 valence electrons. The molecule has 0 spiro atoms. The second kappa shape index (κ2) is 6.30. The third-order valence-corrected chi connectivity index (χ3v) is 5.62. The lowest BCUT2D eigenvalue weighted by atomic mass is 9.63. The van der Waals surface area contributed by atoms with E-state index in [9.17, 15) is 23.2 Å². The fourth-order valence-electron chi connectivity index (χ4n) is 4.37. The van der Waals surface area contributed by atoms with Crippen LogP contribution in [-0.4, -0.2) is 29.2 Å². The van der Waals surface area contributed by atoms with E-state index < -0.39 is 17.5 Å². The largest absolute Gasteiger partial charge is 0.326 e. The van der Waals surface area contributed by atoms with Crippen LogP contribution in [-0.2, 0) is 14.4 Å². The van der Waals surface area contributed by atoms with Crippen LogP contribution in [0.25, 0.3) is 0 Å². The maximum absolute atomic E-state index is 13.2. The van der Waals surface area contributed by atoms with Crippen LogP contribution in [0.1, 0.15) is 19.3 Å². The molecule has 2 fully saturated rings. The molecule has 0 aromatic heterocycles. The molecule has 0 radical (unpaired) electrons. The van der Waals surface area contributed by atoms with Crippen molar-refractivity contribution in [1.82, 2.24) is 4.90 Å². The monoisotopic (exact) mass is 360 g/mol. The van der Waals surface area contributed by atoms with Crippen LogP contribution in [0, 0.1) is 35.3 Å². The smallest absolute Gasteiger partial charge is 0.233 e. The standard InChI is InChI=1S/C19H18F2N2O3/c20-13-6-5-12(9-14(13)21)22-15(24)7-8-23-18(25)16-10-1-2-11(4-3-10)17(16)19(23)26/h1-2,5-6,9-11,16-17H,3-4,7-8H2,(H,22,24)/t10-,11-,16+,17+/m0/s1. The third-order valence-electron chi connectivity index (χ3n) is 5.62. The number of fused-ring (bicyclic) bond motifs is 1. The van der Waals surface area contributed by atoms with Crippen LogP contribution in [0.2, 0.25) is 0 Å². The van der Waals surface area contributed by atoms with Gasteiger partial charge in [-0.2, -0.15) is 0 Å². The van der Waals surface area contributed by atoms with Crippen LogP contribution < -0.4 is 5.32 Å². The quantitative estimate of drug-likeness (QED) is 0.663. The number of hydrogen-bond acceptors (Lipinski definition) is 3. The summed E-state index contributed by atoms with van der Waals surface area (Å²) in [6.07, 6.45) is 5.84.